The third-order valence-electron chi connectivity index (χ3n) is 4.93. The summed E-state index contributed by atoms with van der Waals surface area (Å²) in [5.74, 6) is 0. The molecule has 1 saturated heterocycles. The van der Waals surface area contributed by atoms with Gasteiger partial charge in [0.05, 0.1) is 12.7 Å². The van der Waals surface area contributed by atoms with E-state index >= 15 is 0 Å². The molecule has 0 spiro atoms. The van der Waals surface area contributed by atoms with E-state index in [4.69, 9.17) is 10.5 Å². The van der Waals surface area contributed by atoms with Crippen LogP contribution >= 0.6 is 0 Å². The molecule has 0 amide bonds. The molecular formula is C14H26N2O. The van der Waals surface area contributed by atoms with Gasteiger partial charge in [-0.2, -0.15) is 0 Å². The van der Waals surface area contributed by atoms with Crippen molar-refractivity contribution >= 4 is 0 Å². The second-order valence-electron chi connectivity index (χ2n) is 6.08. The summed E-state index contributed by atoms with van der Waals surface area (Å²) >= 11 is 0. The summed E-state index contributed by atoms with van der Waals surface area (Å²) in [7, 11) is 0. The number of ether oxygens (including phenoxy) is 1. The average molecular weight is 238 g/mol. The minimum absolute atomic E-state index is 0.443. The molecule has 17 heavy (non-hydrogen) atoms. The highest BCUT2D eigenvalue weighted by Gasteiger charge is 2.38. The fourth-order valence-electron chi connectivity index (χ4n) is 4.08. The Morgan fingerprint density at radius 3 is 2.76 bits per heavy atom. The van der Waals surface area contributed by atoms with Gasteiger partial charge in [-0.25, -0.2) is 0 Å². The monoisotopic (exact) mass is 238 g/mol. The predicted molar refractivity (Wildman–Crippen MR) is 68.9 cm³/mol. The Morgan fingerprint density at radius 2 is 1.88 bits per heavy atom. The number of fused-ring (bicyclic) bond motifs is 1. The Kier molecular flexibility index (Phi) is 3.69. The van der Waals surface area contributed by atoms with Crippen molar-refractivity contribution in [3.8, 4) is 0 Å². The Bertz CT molecular complexity index is 257. The number of hydrogen-bond donors (Lipinski definition) is 1. The summed E-state index contributed by atoms with van der Waals surface area (Å²) in [4.78, 5) is 2.76. The van der Waals surface area contributed by atoms with E-state index in [-0.39, 0.29) is 0 Å². The van der Waals surface area contributed by atoms with Gasteiger partial charge in [0.25, 0.3) is 0 Å². The molecule has 98 valence electrons. The first kappa shape index (κ1) is 11.9. The second-order valence-corrected chi connectivity index (χ2v) is 6.08. The van der Waals surface area contributed by atoms with Gasteiger partial charge in [0.15, 0.2) is 0 Å². The van der Waals surface area contributed by atoms with Gasteiger partial charge in [0.2, 0.25) is 0 Å². The summed E-state index contributed by atoms with van der Waals surface area (Å²) in [6.45, 7) is 2.07. The van der Waals surface area contributed by atoms with Gasteiger partial charge in [-0.05, 0) is 32.1 Å². The summed E-state index contributed by atoms with van der Waals surface area (Å²) in [5.41, 5.74) is 6.14. The molecular weight excluding hydrogens is 212 g/mol. The van der Waals surface area contributed by atoms with E-state index in [9.17, 15) is 0 Å². The average Bonchev–Trinajstić information content (AvgIpc) is 2.38. The first-order valence-electron chi connectivity index (χ1n) is 7.47. The SMILES string of the molecule is NC1CCCC(N2CCOC3CCCCC32)C1. The standard InChI is InChI=1S/C14H26N2O/c15-11-4-3-5-12(10-11)16-8-9-17-14-7-2-1-6-13(14)16/h11-14H,1-10,15H2. The van der Waals surface area contributed by atoms with Gasteiger partial charge >= 0.3 is 0 Å². The summed E-state index contributed by atoms with van der Waals surface area (Å²) in [5, 5.41) is 0. The van der Waals surface area contributed by atoms with E-state index in [2.05, 4.69) is 4.90 Å². The van der Waals surface area contributed by atoms with Crippen LogP contribution in [0.1, 0.15) is 51.4 Å². The fourth-order valence-corrected chi connectivity index (χ4v) is 4.08. The van der Waals surface area contributed by atoms with Gasteiger partial charge in [-0.3, -0.25) is 4.90 Å². The van der Waals surface area contributed by atoms with Crippen LogP contribution in [0, 0.1) is 0 Å². The maximum atomic E-state index is 6.14. The van der Waals surface area contributed by atoms with Crippen molar-refractivity contribution in [1.82, 2.24) is 4.90 Å². The van der Waals surface area contributed by atoms with Crippen LogP contribution in [0.4, 0.5) is 0 Å². The largest absolute Gasteiger partial charge is 0.375 e. The van der Waals surface area contributed by atoms with Gasteiger partial charge in [0, 0.05) is 24.7 Å². The zero-order valence-electron chi connectivity index (χ0n) is 10.8. The number of nitrogens with zero attached hydrogens (tertiary/aromatic N) is 1. The molecule has 2 N–H and O–H groups in total. The first-order valence-corrected chi connectivity index (χ1v) is 7.47. The molecule has 2 aliphatic carbocycles. The molecule has 3 rings (SSSR count). The number of hydrogen-bond acceptors (Lipinski definition) is 3. The number of rotatable bonds is 1. The van der Waals surface area contributed by atoms with Crippen LogP contribution in [0.3, 0.4) is 0 Å². The summed E-state index contributed by atoms with van der Waals surface area (Å²) < 4.78 is 5.96. The van der Waals surface area contributed by atoms with Gasteiger partial charge in [-0.15, -0.1) is 0 Å². The van der Waals surface area contributed by atoms with Crippen molar-refractivity contribution in [1.29, 1.82) is 0 Å². The zero-order valence-corrected chi connectivity index (χ0v) is 10.8. The van der Waals surface area contributed by atoms with E-state index in [0.717, 1.165) is 19.2 Å². The Labute approximate surface area is 105 Å². The molecule has 3 heteroatoms. The van der Waals surface area contributed by atoms with Crippen LogP contribution in [-0.4, -0.2) is 42.3 Å². The molecule has 2 saturated carbocycles. The normalized spacial score (nSPS) is 44.3. The van der Waals surface area contributed by atoms with Crippen molar-refractivity contribution in [2.45, 2.75) is 75.6 Å². The zero-order chi connectivity index (χ0) is 11.7. The predicted octanol–water partition coefficient (Wildman–Crippen LogP) is 1.90. The smallest absolute Gasteiger partial charge is 0.0731 e. The van der Waals surface area contributed by atoms with Gasteiger partial charge in [0.1, 0.15) is 0 Å². The third kappa shape index (κ3) is 2.51. The Hall–Kier alpha value is -0.120. The molecule has 4 unspecified atom stereocenters. The molecule has 3 aliphatic rings. The lowest BCUT2D eigenvalue weighted by molar-refractivity contribution is -0.107. The quantitative estimate of drug-likeness (QED) is 0.758. The number of morpholine rings is 1. The van der Waals surface area contributed by atoms with Crippen molar-refractivity contribution in [2.75, 3.05) is 13.2 Å². The van der Waals surface area contributed by atoms with Crippen molar-refractivity contribution in [3.05, 3.63) is 0 Å². The Morgan fingerprint density at radius 1 is 1.00 bits per heavy atom. The molecule has 1 aliphatic heterocycles. The van der Waals surface area contributed by atoms with Crippen LogP contribution in [0.2, 0.25) is 0 Å². The van der Waals surface area contributed by atoms with E-state index in [1.54, 1.807) is 0 Å². The molecule has 3 nitrogen and oxygen atoms in total. The van der Waals surface area contributed by atoms with E-state index in [0.29, 0.717) is 18.2 Å². The minimum Gasteiger partial charge on any atom is -0.375 e. The minimum atomic E-state index is 0.443. The molecule has 3 fully saturated rings. The third-order valence-corrected chi connectivity index (χ3v) is 4.93. The van der Waals surface area contributed by atoms with Crippen LogP contribution in [0.15, 0.2) is 0 Å². The highest BCUT2D eigenvalue weighted by Crippen LogP contribution is 2.33. The van der Waals surface area contributed by atoms with Crippen molar-refractivity contribution in [3.63, 3.8) is 0 Å². The maximum Gasteiger partial charge on any atom is 0.0731 e. The molecule has 0 aromatic rings. The molecule has 0 aromatic heterocycles. The lowest BCUT2D eigenvalue weighted by Crippen LogP contribution is -2.57. The van der Waals surface area contributed by atoms with E-state index in [1.165, 1.54) is 51.4 Å². The summed E-state index contributed by atoms with van der Waals surface area (Å²) in [6.07, 6.45) is 11.0. The van der Waals surface area contributed by atoms with Crippen LogP contribution < -0.4 is 5.73 Å². The fraction of sp³-hybridized carbons (Fsp3) is 1.00. The first-order chi connectivity index (χ1) is 8.34. The topological polar surface area (TPSA) is 38.5 Å². The molecule has 0 radical (unpaired) electrons. The molecule has 0 aromatic carbocycles. The molecule has 0 bridgehead atoms. The lowest BCUT2D eigenvalue weighted by Gasteiger charge is -2.48. The molecule has 4 atom stereocenters. The second kappa shape index (κ2) is 5.25. The van der Waals surface area contributed by atoms with Crippen LogP contribution in [-0.2, 0) is 4.74 Å². The van der Waals surface area contributed by atoms with Crippen molar-refractivity contribution in [2.24, 2.45) is 5.73 Å². The van der Waals surface area contributed by atoms with E-state index in [1.807, 2.05) is 0 Å². The van der Waals surface area contributed by atoms with Gasteiger partial charge in [-0.1, -0.05) is 19.3 Å². The van der Waals surface area contributed by atoms with Gasteiger partial charge < -0.3 is 10.5 Å². The Balaban J connectivity index is 1.67. The highest BCUT2D eigenvalue weighted by atomic mass is 16.5. The van der Waals surface area contributed by atoms with E-state index < -0.39 is 0 Å². The maximum absolute atomic E-state index is 6.14. The van der Waals surface area contributed by atoms with Crippen molar-refractivity contribution < 1.29 is 4.74 Å². The highest BCUT2D eigenvalue weighted by molar-refractivity contribution is 4.93. The molecule has 1 heterocycles. The summed E-state index contributed by atoms with van der Waals surface area (Å²) in [6, 6.07) is 1.89. The number of nitrogens with two attached hydrogens (primary N) is 1. The van der Waals surface area contributed by atoms with Crippen LogP contribution in [0.25, 0.3) is 0 Å². The lowest BCUT2D eigenvalue weighted by atomic mass is 9.85. The van der Waals surface area contributed by atoms with Crippen LogP contribution in [0.5, 0.6) is 0 Å².